The van der Waals surface area contributed by atoms with E-state index >= 15 is 0 Å². The average molecular weight is 311 g/mol. The minimum atomic E-state index is -0.375. The van der Waals surface area contributed by atoms with Gasteiger partial charge in [-0.3, -0.25) is 9.69 Å². The number of ketones is 1. The summed E-state index contributed by atoms with van der Waals surface area (Å²) in [6.07, 6.45) is 2.69. The minimum absolute atomic E-state index is 0.162. The lowest BCUT2D eigenvalue weighted by Crippen LogP contribution is -2.23. The number of anilines is 1. The number of amides is 1. The number of cyclic esters (lactones) is 1. The molecule has 0 aromatic heterocycles. The molecule has 0 aliphatic carbocycles. The van der Waals surface area contributed by atoms with Gasteiger partial charge >= 0.3 is 6.09 Å². The number of ether oxygens (including phenoxy) is 1. The first-order valence-corrected chi connectivity index (χ1v) is 7.16. The summed E-state index contributed by atoms with van der Waals surface area (Å²) in [5.41, 5.74) is 1.96. The van der Waals surface area contributed by atoms with Gasteiger partial charge in [-0.1, -0.05) is 18.2 Å². The van der Waals surface area contributed by atoms with Gasteiger partial charge in [-0.2, -0.15) is 0 Å². The lowest BCUT2D eigenvalue weighted by atomic mass is 10.1. The molecule has 1 heterocycles. The summed E-state index contributed by atoms with van der Waals surface area (Å²) in [6.45, 7) is 0.885. The normalized spacial score (nSPS) is 14.3. The predicted molar refractivity (Wildman–Crippen MR) is 84.9 cm³/mol. The molecule has 0 radical (unpaired) electrons. The molecule has 5 heteroatoms. The van der Waals surface area contributed by atoms with Gasteiger partial charge in [0.15, 0.2) is 5.78 Å². The lowest BCUT2D eigenvalue weighted by Gasteiger charge is -2.12. The molecule has 1 fully saturated rings. The number of carbonyl (C=O) groups excluding carboxylic acids is 2. The highest BCUT2D eigenvalue weighted by Crippen LogP contribution is 2.19. The zero-order chi connectivity index (χ0) is 16.2. The van der Waals surface area contributed by atoms with E-state index in [0.717, 1.165) is 5.56 Å². The van der Waals surface area contributed by atoms with E-state index in [1.54, 1.807) is 42.5 Å². The van der Waals surface area contributed by atoms with E-state index in [4.69, 9.17) is 4.74 Å². The Hall–Kier alpha value is -2.95. The van der Waals surface area contributed by atoms with Crippen LogP contribution in [0.25, 0.3) is 6.08 Å². The molecule has 1 aliphatic heterocycles. The van der Waals surface area contributed by atoms with Crippen molar-refractivity contribution in [3.05, 3.63) is 71.6 Å². The molecule has 0 saturated carbocycles. The number of rotatable bonds is 4. The van der Waals surface area contributed by atoms with Crippen LogP contribution < -0.4 is 4.90 Å². The molecule has 1 saturated heterocycles. The maximum absolute atomic E-state index is 12.8. The van der Waals surface area contributed by atoms with Gasteiger partial charge in [-0.05, 0) is 48.0 Å². The second kappa shape index (κ2) is 6.44. The molecule has 0 N–H and O–H groups in total. The van der Waals surface area contributed by atoms with Gasteiger partial charge in [-0.25, -0.2) is 9.18 Å². The van der Waals surface area contributed by atoms with Crippen molar-refractivity contribution in [2.75, 3.05) is 18.1 Å². The van der Waals surface area contributed by atoms with Crippen molar-refractivity contribution in [3.8, 4) is 0 Å². The Labute approximate surface area is 132 Å². The summed E-state index contributed by atoms with van der Waals surface area (Å²) in [7, 11) is 0. The van der Waals surface area contributed by atoms with Crippen LogP contribution in [0.4, 0.5) is 14.9 Å². The molecular weight excluding hydrogens is 297 g/mol. The number of allylic oxidation sites excluding steroid dienone is 1. The van der Waals surface area contributed by atoms with Crippen molar-refractivity contribution in [1.29, 1.82) is 0 Å². The second-order valence-corrected chi connectivity index (χ2v) is 5.06. The van der Waals surface area contributed by atoms with E-state index in [0.29, 0.717) is 24.4 Å². The first kappa shape index (κ1) is 15.0. The maximum atomic E-state index is 12.8. The fourth-order valence-electron chi connectivity index (χ4n) is 2.28. The Bertz CT molecular complexity index is 751. The van der Waals surface area contributed by atoms with Crippen molar-refractivity contribution in [2.45, 2.75) is 0 Å². The Morgan fingerprint density at radius 1 is 1.09 bits per heavy atom. The SMILES string of the molecule is O=C(C=Cc1ccc(F)cc1)c1ccc(N2CCOC2=O)cc1. The molecule has 23 heavy (non-hydrogen) atoms. The molecule has 0 bridgehead atoms. The second-order valence-electron chi connectivity index (χ2n) is 5.06. The molecule has 0 atom stereocenters. The largest absolute Gasteiger partial charge is 0.447 e. The molecule has 1 amide bonds. The summed E-state index contributed by atoms with van der Waals surface area (Å²) in [6, 6.07) is 12.6. The van der Waals surface area contributed by atoms with Crippen molar-refractivity contribution >= 4 is 23.6 Å². The fraction of sp³-hybridized carbons (Fsp3) is 0.111. The first-order chi connectivity index (χ1) is 11.1. The summed E-state index contributed by atoms with van der Waals surface area (Å²) in [5, 5.41) is 0. The van der Waals surface area contributed by atoms with Crippen molar-refractivity contribution < 1.29 is 18.7 Å². The highest BCUT2D eigenvalue weighted by molar-refractivity contribution is 6.07. The number of benzene rings is 2. The quantitative estimate of drug-likeness (QED) is 0.639. The maximum Gasteiger partial charge on any atom is 0.414 e. The monoisotopic (exact) mass is 311 g/mol. The summed E-state index contributed by atoms with van der Waals surface area (Å²) >= 11 is 0. The van der Waals surface area contributed by atoms with Gasteiger partial charge in [0, 0.05) is 11.3 Å². The third-order valence-electron chi connectivity index (χ3n) is 3.52. The third-order valence-corrected chi connectivity index (χ3v) is 3.52. The molecular formula is C18H14FNO3. The van der Waals surface area contributed by atoms with Crippen LogP contribution in [-0.4, -0.2) is 25.0 Å². The molecule has 4 nitrogen and oxygen atoms in total. The molecule has 2 aromatic carbocycles. The van der Waals surface area contributed by atoms with Gasteiger partial charge in [0.2, 0.25) is 0 Å². The molecule has 1 aliphatic rings. The minimum Gasteiger partial charge on any atom is -0.447 e. The standard InChI is InChI=1S/C18H14FNO3/c19-15-6-1-13(2-7-15)3-10-17(21)14-4-8-16(9-5-14)20-11-12-23-18(20)22/h1-10H,11-12H2. The smallest absolute Gasteiger partial charge is 0.414 e. The van der Waals surface area contributed by atoms with Gasteiger partial charge < -0.3 is 4.74 Å². The Morgan fingerprint density at radius 2 is 1.78 bits per heavy atom. The molecule has 116 valence electrons. The number of hydrogen-bond donors (Lipinski definition) is 0. The van der Waals surface area contributed by atoms with E-state index < -0.39 is 0 Å². The predicted octanol–water partition coefficient (Wildman–Crippen LogP) is 3.68. The van der Waals surface area contributed by atoms with Gasteiger partial charge in [0.1, 0.15) is 12.4 Å². The average Bonchev–Trinajstić information content (AvgIpc) is 3.00. The van der Waals surface area contributed by atoms with Gasteiger partial charge in [0.25, 0.3) is 0 Å². The van der Waals surface area contributed by atoms with Crippen LogP contribution in [-0.2, 0) is 4.74 Å². The van der Waals surface area contributed by atoms with Gasteiger partial charge in [-0.15, -0.1) is 0 Å². The first-order valence-electron chi connectivity index (χ1n) is 7.16. The number of hydrogen-bond acceptors (Lipinski definition) is 3. The lowest BCUT2D eigenvalue weighted by molar-refractivity contribution is 0.104. The van der Waals surface area contributed by atoms with Crippen LogP contribution in [0.3, 0.4) is 0 Å². The molecule has 3 rings (SSSR count). The molecule has 0 unspecified atom stereocenters. The van der Waals surface area contributed by atoms with Gasteiger partial charge in [0.05, 0.1) is 6.54 Å². The summed E-state index contributed by atoms with van der Waals surface area (Å²) in [5.74, 6) is -0.477. The number of nitrogens with zero attached hydrogens (tertiary/aromatic N) is 1. The van der Waals surface area contributed by atoms with Crippen LogP contribution in [0.15, 0.2) is 54.6 Å². The molecule has 0 spiro atoms. The highest BCUT2D eigenvalue weighted by atomic mass is 19.1. The fourth-order valence-corrected chi connectivity index (χ4v) is 2.28. The summed E-state index contributed by atoms with van der Waals surface area (Å²) in [4.78, 5) is 25.1. The van der Waals surface area contributed by atoms with E-state index in [1.165, 1.54) is 23.1 Å². The Morgan fingerprint density at radius 3 is 2.39 bits per heavy atom. The Balaban J connectivity index is 1.70. The van der Waals surface area contributed by atoms with Crippen molar-refractivity contribution in [2.24, 2.45) is 0 Å². The third kappa shape index (κ3) is 3.45. The van der Waals surface area contributed by atoms with Crippen LogP contribution in [0.2, 0.25) is 0 Å². The van der Waals surface area contributed by atoms with Crippen LogP contribution >= 0.6 is 0 Å². The zero-order valence-corrected chi connectivity index (χ0v) is 12.2. The number of halogens is 1. The van der Waals surface area contributed by atoms with E-state index in [9.17, 15) is 14.0 Å². The Kier molecular flexibility index (Phi) is 4.19. The zero-order valence-electron chi connectivity index (χ0n) is 12.2. The molecule has 2 aromatic rings. The van der Waals surface area contributed by atoms with Crippen LogP contribution in [0.1, 0.15) is 15.9 Å². The van der Waals surface area contributed by atoms with E-state index in [-0.39, 0.29) is 17.7 Å². The van der Waals surface area contributed by atoms with Crippen LogP contribution in [0, 0.1) is 5.82 Å². The van der Waals surface area contributed by atoms with Crippen LogP contribution in [0.5, 0.6) is 0 Å². The highest BCUT2D eigenvalue weighted by Gasteiger charge is 2.23. The van der Waals surface area contributed by atoms with E-state index in [2.05, 4.69) is 0 Å². The summed E-state index contributed by atoms with van der Waals surface area (Å²) < 4.78 is 17.7. The van der Waals surface area contributed by atoms with E-state index in [1.807, 2.05) is 0 Å². The van der Waals surface area contributed by atoms with Crippen molar-refractivity contribution in [1.82, 2.24) is 0 Å². The van der Waals surface area contributed by atoms with Crippen molar-refractivity contribution in [3.63, 3.8) is 0 Å². The number of carbonyl (C=O) groups is 2. The topological polar surface area (TPSA) is 46.6 Å².